The van der Waals surface area contributed by atoms with Crippen LogP contribution in [-0.4, -0.2) is 12.1 Å². The predicted octanol–water partition coefficient (Wildman–Crippen LogP) is 3.14. The van der Waals surface area contributed by atoms with Crippen LogP contribution in [0.1, 0.15) is 43.7 Å². The van der Waals surface area contributed by atoms with Crippen LogP contribution in [0.15, 0.2) is 18.2 Å². The van der Waals surface area contributed by atoms with Crippen LogP contribution >= 0.6 is 0 Å². The first kappa shape index (κ1) is 9.50. The Balaban J connectivity index is 2.13. The van der Waals surface area contributed by atoms with Crippen molar-refractivity contribution in [2.75, 3.05) is 7.11 Å². The van der Waals surface area contributed by atoms with Crippen molar-refractivity contribution < 1.29 is 4.74 Å². The highest BCUT2D eigenvalue weighted by molar-refractivity contribution is 5.18. The minimum absolute atomic E-state index is 0.666. The smallest absolute Gasteiger partial charge is 0.213 e. The summed E-state index contributed by atoms with van der Waals surface area (Å²) in [4.78, 5) is 4.49. The molecule has 0 spiro atoms. The lowest BCUT2D eigenvalue weighted by molar-refractivity contribution is 0.387. The monoisotopic (exact) mass is 191 g/mol. The lowest BCUT2D eigenvalue weighted by Crippen LogP contribution is -2.06. The molecule has 0 N–H and O–H groups in total. The zero-order valence-electron chi connectivity index (χ0n) is 8.70. The number of rotatable bonds is 2. The van der Waals surface area contributed by atoms with E-state index in [0.29, 0.717) is 5.92 Å². The molecule has 0 atom stereocenters. The van der Waals surface area contributed by atoms with Gasteiger partial charge in [-0.25, -0.2) is 4.98 Å². The number of hydrogen-bond acceptors (Lipinski definition) is 2. The largest absolute Gasteiger partial charge is 0.481 e. The molecule has 1 aromatic rings. The maximum Gasteiger partial charge on any atom is 0.213 e. The first-order valence-electron chi connectivity index (χ1n) is 5.41. The molecule has 0 radical (unpaired) electrons. The van der Waals surface area contributed by atoms with Crippen LogP contribution < -0.4 is 4.74 Å². The standard InChI is InChI=1S/C12H17NO/c1-14-12-9-5-8-11(13-12)10-6-3-2-4-7-10/h5,8-10H,2-4,6-7H2,1H3. The number of ether oxygens (including phenoxy) is 1. The molecule has 0 unspecified atom stereocenters. The van der Waals surface area contributed by atoms with Crippen molar-refractivity contribution in [1.82, 2.24) is 4.98 Å². The Kier molecular flexibility index (Phi) is 3.02. The van der Waals surface area contributed by atoms with Crippen molar-refractivity contribution >= 4 is 0 Å². The Bertz CT molecular complexity index is 292. The molecule has 0 saturated heterocycles. The molecule has 1 aliphatic carbocycles. The summed E-state index contributed by atoms with van der Waals surface area (Å²) in [7, 11) is 1.67. The van der Waals surface area contributed by atoms with E-state index in [-0.39, 0.29) is 0 Å². The molecule has 14 heavy (non-hydrogen) atoms. The summed E-state index contributed by atoms with van der Waals surface area (Å²) in [6.07, 6.45) is 6.67. The fourth-order valence-corrected chi connectivity index (χ4v) is 2.17. The highest BCUT2D eigenvalue weighted by atomic mass is 16.5. The number of pyridine rings is 1. The second kappa shape index (κ2) is 4.45. The summed E-state index contributed by atoms with van der Waals surface area (Å²) >= 11 is 0. The van der Waals surface area contributed by atoms with Crippen molar-refractivity contribution in [2.24, 2.45) is 0 Å². The third-order valence-corrected chi connectivity index (χ3v) is 2.98. The lowest BCUT2D eigenvalue weighted by atomic mass is 9.87. The second-order valence-electron chi connectivity index (χ2n) is 3.94. The maximum absolute atomic E-state index is 5.13. The quantitative estimate of drug-likeness (QED) is 0.716. The molecule has 1 saturated carbocycles. The van der Waals surface area contributed by atoms with E-state index in [1.54, 1.807) is 7.11 Å². The van der Waals surface area contributed by atoms with E-state index in [0.717, 1.165) is 5.88 Å². The summed E-state index contributed by atoms with van der Waals surface area (Å²) in [5, 5.41) is 0. The lowest BCUT2D eigenvalue weighted by Gasteiger charge is -2.21. The zero-order valence-corrected chi connectivity index (χ0v) is 8.70. The molecule has 1 fully saturated rings. The van der Waals surface area contributed by atoms with Crippen molar-refractivity contribution in [1.29, 1.82) is 0 Å². The van der Waals surface area contributed by atoms with Crippen molar-refractivity contribution in [3.8, 4) is 5.88 Å². The molecule has 1 heterocycles. The highest BCUT2D eigenvalue weighted by Crippen LogP contribution is 2.31. The van der Waals surface area contributed by atoms with Gasteiger partial charge in [0.05, 0.1) is 7.11 Å². The highest BCUT2D eigenvalue weighted by Gasteiger charge is 2.16. The minimum atomic E-state index is 0.666. The first-order valence-corrected chi connectivity index (χ1v) is 5.41. The van der Waals surface area contributed by atoms with Crippen molar-refractivity contribution in [2.45, 2.75) is 38.0 Å². The number of methoxy groups -OCH3 is 1. The fraction of sp³-hybridized carbons (Fsp3) is 0.583. The van der Waals surface area contributed by atoms with Gasteiger partial charge in [0.2, 0.25) is 5.88 Å². The zero-order chi connectivity index (χ0) is 9.80. The fourth-order valence-electron chi connectivity index (χ4n) is 2.17. The van der Waals surface area contributed by atoms with Crippen molar-refractivity contribution in [3.05, 3.63) is 23.9 Å². The maximum atomic E-state index is 5.13. The van der Waals surface area contributed by atoms with Crippen molar-refractivity contribution in [3.63, 3.8) is 0 Å². The Hall–Kier alpha value is -1.05. The van der Waals surface area contributed by atoms with Gasteiger partial charge in [0, 0.05) is 17.7 Å². The van der Waals surface area contributed by atoms with E-state index in [1.165, 1.54) is 37.8 Å². The van der Waals surface area contributed by atoms with E-state index in [9.17, 15) is 0 Å². The summed E-state index contributed by atoms with van der Waals surface area (Å²) < 4.78 is 5.13. The van der Waals surface area contributed by atoms with Gasteiger partial charge in [0.15, 0.2) is 0 Å². The van der Waals surface area contributed by atoms with Crippen LogP contribution in [-0.2, 0) is 0 Å². The Morgan fingerprint density at radius 3 is 2.71 bits per heavy atom. The molecule has 2 nitrogen and oxygen atoms in total. The number of hydrogen-bond donors (Lipinski definition) is 0. The molecule has 0 amide bonds. The predicted molar refractivity (Wildman–Crippen MR) is 56.6 cm³/mol. The molecule has 76 valence electrons. The van der Waals surface area contributed by atoms with Crippen LogP contribution in [0.5, 0.6) is 5.88 Å². The van der Waals surface area contributed by atoms with Crippen LogP contribution in [0.2, 0.25) is 0 Å². The Labute approximate surface area is 85.3 Å². The molecule has 1 aromatic heterocycles. The first-order chi connectivity index (χ1) is 6.90. The molecule has 0 aliphatic heterocycles. The summed E-state index contributed by atoms with van der Waals surface area (Å²) in [5.74, 6) is 1.41. The van der Waals surface area contributed by atoms with Gasteiger partial charge in [0.25, 0.3) is 0 Å². The minimum Gasteiger partial charge on any atom is -0.481 e. The summed E-state index contributed by atoms with van der Waals surface area (Å²) in [5.41, 5.74) is 1.21. The van der Waals surface area contributed by atoms with E-state index in [1.807, 2.05) is 12.1 Å². The second-order valence-corrected chi connectivity index (χ2v) is 3.94. The van der Waals surface area contributed by atoms with E-state index >= 15 is 0 Å². The molecule has 1 aliphatic rings. The topological polar surface area (TPSA) is 22.1 Å². The number of aromatic nitrogens is 1. The molecule has 0 aromatic carbocycles. The molecular formula is C12H17NO. The van der Waals surface area contributed by atoms with Gasteiger partial charge in [-0.05, 0) is 18.9 Å². The van der Waals surface area contributed by atoms with Crippen LogP contribution in [0.25, 0.3) is 0 Å². The summed E-state index contributed by atoms with van der Waals surface area (Å²) in [6, 6.07) is 6.07. The Morgan fingerprint density at radius 2 is 2.00 bits per heavy atom. The van der Waals surface area contributed by atoms with Crippen LogP contribution in [0, 0.1) is 0 Å². The van der Waals surface area contributed by atoms with Gasteiger partial charge in [-0.2, -0.15) is 0 Å². The van der Waals surface area contributed by atoms with Gasteiger partial charge in [-0.15, -0.1) is 0 Å². The SMILES string of the molecule is COc1cccc(C2CCCCC2)n1. The van der Waals surface area contributed by atoms with E-state index < -0.39 is 0 Å². The van der Waals surface area contributed by atoms with Gasteiger partial charge < -0.3 is 4.74 Å². The molecular weight excluding hydrogens is 174 g/mol. The van der Waals surface area contributed by atoms with Gasteiger partial charge in [-0.3, -0.25) is 0 Å². The van der Waals surface area contributed by atoms with Gasteiger partial charge >= 0.3 is 0 Å². The van der Waals surface area contributed by atoms with Crippen LogP contribution in [0.4, 0.5) is 0 Å². The molecule has 2 heteroatoms. The third-order valence-electron chi connectivity index (χ3n) is 2.98. The van der Waals surface area contributed by atoms with Gasteiger partial charge in [0.1, 0.15) is 0 Å². The number of nitrogens with zero attached hydrogens (tertiary/aromatic N) is 1. The van der Waals surface area contributed by atoms with Gasteiger partial charge in [-0.1, -0.05) is 25.3 Å². The normalized spacial score (nSPS) is 18.1. The van der Waals surface area contributed by atoms with Crippen LogP contribution in [0.3, 0.4) is 0 Å². The van der Waals surface area contributed by atoms with E-state index in [2.05, 4.69) is 11.1 Å². The summed E-state index contributed by atoms with van der Waals surface area (Å²) in [6.45, 7) is 0. The molecule has 0 bridgehead atoms. The molecule has 2 rings (SSSR count). The average molecular weight is 191 g/mol. The van der Waals surface area contributed by atoms with E-state index in [4.69, 9.17) is 4.74 Å². The third kappa shape index (κ3) is 2.06. The Morgan fingerprint density at radius 1 is 1.21 bits per heavy atom. The average Bonchev–Trinajstić information content (AvgIpc) is 2.30.